The Balaban J connectivity index is 4.59. The van der Waals surface area contributed by atoms with Crippen molar-refractivity contribution in [2.75, 3.05) is 7.11 Å². The first-order valence-corrected chi connectivity index (χ1v) is 6.47. The van der Waals surface area contributed by atoms with E-state index in [1.54, 1.807) is 0 Å². The summed E-state index contributed by atoms with van der Waals surface area (Å²) in [5.41, 5.74) is 1.05. The van der Waals surface area contributed by atoms with Crippen molar-refractivity contribution < 1.29 is 19.4 Å². The van der Waals surface area contributed by atoms with Gasteiger partial charge in [-0.25, -0.2) is 4.79 Å². The summed E-state index contributed by atoms with van der Waals surface area (Å²) in [6, 6.07) is -0.755. The monoisotopic (exact) mass is 271 g/mol. The fraction of sp³-hybridized carbons (Fsp3) is 0.714. The van der Waals surface area contributed by atoms with Gasteiger partial charge in [0.15, 0.2) is 0 Å². The van der Waals surface area contributed by atoms with Gasteiger partial charge in [-0.1, -0.05) is 25.5 Å². The van der Waals surface area contributed by atoms with Gasteiger partial charge in [-0.15, -0.1) is 0 Å². The third-order valence-electron chi connectivity index (χ3n) is 2.56. The van der Waals surface area contributed by atoms with Crippen molar-refractivity contribution >= 4 is 11.9 Å². The molecule has 0 aliphatic heterocycles. The zero-order chi connectivity index (χ0) is 15.0. The summed E-state index contributed by atoms with van der Waals surface area (Å²) in [7, 11) is 1.27. The number of hydrogen-bond donors (Lipinski definition) is 2. The lowest BCUT2D eigenvalue weighted by Gasteiger charge is -2.18. The summed E-state index contributed by atoms with van der Waals surface area (Å²) in [4.78, 5) is 23.3. The second-order valence-electron chi connectivity index (χ2n) is 5.25. The average Bonchev–Trinajstić information content (AvgIpc) is 2.31. The molecule has 19 heavy (non-hydrogen) atoms. The molecule has 0 spiro atoms. The van der Waals surface area contributed by atoms with Gasteiger partial charge in [-0.2, -0.15) is 0 Å². The number of amides is 1. The van der Waals surface area contributed by atoms with Crippen LogP contribution in [-0.4, -0.2) is 36.2 Å². The number of allylic oxidation sites excluding steroid dienone is 1. The van der Waals surface area contributed by atoms with Crippen LogP contribution in [0.3, 0.4) is 0 Å². The molecule has 0 saturated carbocycles. The standard InChI is InChI=1S/C14H25NO4/c1-9(2)6-7-11(14(18)19-5)15-13(17)12(16)8-10(3)4/h6,10-12,16H,7-8H2,1-5H3,(H,15,17)/t11-,12-/m1/s1. The molecular formula is C14H25NO4. The Hall–Kier alpha value is -1.36. The third-order valence-corrected chi connectivity index (χ3v) is 2.56. The second-order valence-corrected chi connectivity index (χ2v) is 5.25. The SMILES string of the molecule is COC(=O)[C@@H](CC=C(C)C)NC(=O)[C@H](O)CC(C)C. The van der Waals surface area contributed by atoms with Crippen LogP contribution in [0.1, 0.15) is 40.5 Å². The van der Waals surface area contributed by atoms with E-state index in [0.717, 1.165) is 5.57 Å². The van der Waals surface area contributed by atoms with E-state index < -0.39 is 24.0 Å². The molecule has 5 nitrogen and oxygen atoms in total. The van der Waals surface area contributed by atoms with E-state index in [2.05, 4.69) is 10.1 Å². The molecule has 0 aromatic carbocycles. The van der Waals surface area contributed by atoms with Gasteiger partial charge in [-0.05, 0) is 32.6 Å². The number of hydrogen-bond acceptors (Lipinski definition) is 4. The summed E-state index contributed by atoms with van der Waals surface area (Å²) in [6.45, 7) is 7.64. The van der Waals surface area contributed by atoms with Gasteiger partial charge < -0.3 is 15.2 Å². The highest BCUT2D eigenvalue weighted by Gasteiger charge is 2.24. The molecule has 110 valence electrons. The Morgan fingerprint density at radius 2 is 1.89 bits per heavy atom. The zero-order valence-electron chi connectivity index (χ0n) is 12.4. The summed E-state index contributed by atoms with van der Waals surface area (Å²) in [6.07, 6.45) is 1.47. The van der Waals surface area contributed by atoms with E-state index in [1.807, 2.05) is 33.8 Å². The number of aliphatic hydroxyl groups excluding tert-OH is 1. The minimum absolute atomic E-state index is 0.204. The van der Waals surface area contributed by atoms with E-state index in [9.17, 15) is 14.7 Å². The summed E-state index contributed by atoms with van der Waals surface area (Å²) >= 11 is 0. The van der Waals surface area contributed by atoms with Gasteiger partial charge in [-0.3, -0.25) is 4.79 Å². The molecule has 0 radical (unpaired) electrons. The Labute approximate surface area is 115 Å². The molecule has 0 aliphatic carbocycles. The molecule has 0 aromatic heterocycles. The van der Waals surface area contributed by atoms with Crippen molar-refractivity contribution in [3.05, 3.63) is 11.6 Å². The van der Waals surface area contributed by atoms with Crippen LogP contribution in [0.5, 0.6) is 0 Å². The molecule has 0 aromatic rings. The van der Waals surface area contributed by atoms with Crippen LogP contribution in [0.2, 0.25) is 0 Å². The van der Waals surface area contributed by atoms with Gasteiger partial charge in [0.2, 0.25) is 5.91 Å². The van der Waals surface area contributed by atoms with E-state index in [4.69, 9.17) is 0 Å². The van der Waals surface area contributed by atoms with Crippen molar-refractivity contribution in [1.29, 1.82) is 0 Å². The minimum atomic E-state index is -1.10. The maximum Gasteiger partial charge on any atom is 0.328 e. The molecule has 5 heteroatoms. The van der Waals surface area contributed by atoms with Crippen LogP contribution in [0, 0.1) is 5.92 Å². The molecule has 0 fully saturated rings. The van der Waals surface area contributed by atoms with Gasteiger partial charge >= 0.3 is 5.97 Å². The molecule has 0 rings (SSSR count). The van der Waals surface area contributed by atoms with E-state index in [0.29, 0.717) is 12.8 Å². The number of rotatable bonds is 7. The molecule has 1 amide bonds. The molecule has 0 aliphatic rings. The topological polar surface area (TPSA) is 75.6 Å². The first kappa shape index (κ1) is 17.6. The number of aliphatic hydroxyl groups is 1. The molecule has 2 N–H and O–H groups in total. The fourth-order valence-electron chi connectivity index (χ4n) is 1.53. The highest BCUT2D eigenvalue weighted by Crippen LogP contribution is 2.06. The largest absolute Gasteiger partial charge is 0.467 e. The smallest absolute Gasteiger partial charge is 0.328 e. The molecular weight excluding hydrogens is 246 g/mol. The fourth-order valence-corrected chi connectivity index (χ4v) is 1.53. The van der Waals surface area contributed by atoms with Crippen LogP contribution in [0.4, 0.5) is 0 Å². The number of esters is 1. The highest BCUT2D eigenvalue weighted by molar-refractivity contribution is 5.86. The summed E-state index contributed by atoms with van der Waals surface area (Å²) in [5.74, 6) is -0.844. The third kappa shape index (κ3) is 7.62. The Bertz CT molecular complexity index is 332. The quantitative estimate of drug-likeness (QED) is 0.542. The van der Waals surface area contributed by atoms with Gasteiger partial charge in [0, 0.05) is 0 Å². The molecule has 0 saturated heterocycles. The Morgan fingerprint density at radius 3 is 2.32 bits per heavy atom. The maximum absolute atomic E-state index is 11.8. The lowest BCUT2D eigenvalue weighted by Crippen LogP contribution is -2.46. The predicted octanol–water partition coefficient (Wildman–Crippen LogP) is 1.41. The number of carbonyl (C=O) groups excluding carboxylic acids is 2. The summed E-state index contributed by atoms with van der Waals surface area (Å²) in [5, 5.41) is 12.2. The Kier molecular flexibility index (Phi) is 8.07. The second kappa shape index (κ2) is 8.69. The van der Waals surface area contributed by atoms with Crippen molar-refractivity contribution in [2.24, 2.45) is 5.92 Å². The van der Waals surface area contributed by atoms with E-state index in [1.165, 1.54) is 7.11 Å². The number of methoxy groups -OCH3 is 1. The van der Waals surface area contributed by atoms with Crippen molar-refractivity contribution in [3.63, 3.8) is 0 Å². The van der Waals surface area contributed by atoms with Crippen molar-refractivity contribution in [1.82, 2.24) is 5.32 Å². The number of ether oxygens (including phenoxy) is 1. The van der Waals surface area contributed by atoms with Crippen LogP contribution < -0.4 is 5.32 Å². The van der Waals surface area contributed by atoms with Crippen LogP contribution in [0.25, 0.3) is 0 Å². The van der Waals surface area contributed by atoms with Crippen molar-refractivity contribution in [2.45, 2.75) is 52.7 Å². The van der Waals surface area contributed by atoms with E-state index in [-0.39, 0.29) is 5.92 Å². The molecule has 2 atom stereocenters. The summed E-state index contributed by atoms with van der Waals surface area (Å²) < 4.78 is 4.64. The molecule has 0 bridgehead atoms. The van der Waals surface area contributed by atoms with Crippen molar-refractivity contribution in [3.8, 4) is 0 Å². The predicted molar refractivity (Wildman–Crippen MR) is 73.5 cm³/mol. The number of nitrogens with one attached hydrogen (secondary N) is 1. The highest BCUT2D eigenvalue weighted by atomic mass is 16.5. The minimum Gasteiger partial charge on any atom is -0.467 e. The number of carbonyl (C=O) groups is 2. The van der Waals surface area contributed by atoms with E-state index >= 15 is 0 Å². The first-order valence-electron chi connectivity index (χ1n) is 6.47. The first-order chi connectivity index (χ1) is 8.77. The zero-order valence-corrected chi connectivity index (χ0v) is 12.4. The Morgan fingerprint density at radius 1 is 1.32 bits per heavy atom. The maximum atomic E-state index is 11.8. The van der Waals surface area contributed by atoms with Crippen LogP contribution >= 0.6 is 0 Å². The normalized spacial score (nSPS) is 13.6. The van der Waals surface area contributed by atoms with Crippen LogP contribution in [-0.2, 0) is 14.3 Å². The van der Waals surface area contributed by atoms with Gasteiger partial charge in [0.1, 0.15) is 12.1 Å². The van der Waals surface area contributed by atoms with Gasteiger partial charge in [0.25, 0.3) is 0 Å². The average molecular weight is 271 g/mol. The lowest BCUT2D eigenvalue weighted by molar-refractivity contribution is -0.146. The molecule has 0 unspecified atom stereocenters. The van der Waals surface area contributed by atoms with Gasteiger partial charge in [0.05, 0.1) is 7.11 Å². The van der Waals surface area contributed by atoms with Crippen LogP contribution in [0.15, 0.2) is 11.6 Å². The molecule has 0 heterocycles. The lowest BCUT2D eigenvalue weighted by atomic mass is 10.0.